The zero-order valence-corrected chi connectivity index (χ0v) is 12.0. The van der Waals surface area contributed by atoms with Crippen LogP contribution in [0.3, 0.4) is 0 Å². The van der Waals surface area contributed by atoms with Gasteiger partial charge in [-0.2, -0.15) is 0 Å². The van der Waals surface area contributed by atoms with Crippen molar-refractivity contribution in [2.75, 3.05) is 5.73 Å². The van der Waals surface area contributed by atoms with Crippen molar-refractivity contribution >= 4 is 16.9 Å². The number of aromatic nitrogens is 3. The number of anilines is 1. The summed E-state index contributed by atoms with van der Waals surface area (Å²) >= 11 is 0. The van der Waals surface area contributed by atoms with Crippen LogP contribution in [0.1, 0.15) is 6.23 Å². The molecular formula is C14H16N4O5. The van der Waals surface area contributed by atoms with E-state index in [2.05, 4.69) is 16.5 Å². The third-order valence-corrected chi connectivity index (χ3v) is 3.86. The van der Waals surface area contributed by atoms with Crippen LogP contribution in [0.25, 0.3) is 11.0 Å². The molecule has 1 aliphatic rings. The second kappa shape index (κ2) is 5.70. The van der Waals surface area contributed by atoms with Crippen LogP contribution in [0.15, 0.2) is 36.0 Å². The van der Waals surface area contributed by atoms with Gasteiger partial charge in [0.1, 0.15) is 41.9 Å². The lowest BCUT2D eigenvalue weighted by molar-refractivity contribution is -0.0697. The maximum atomic E-state index is 12.0. The lowest BCUT2D eigenvalue weighted by atomic mass is 10.1. The van der Waals surface area contributed by atoms with E-state index in [1.54, 1.807) is 0 Å². The van der Waals surface area contributed by atoms with E-state index in [1.807, 2.05) is 0 Å². The summed E-state index contributed by atoms with van der Waals surface area (Å²) in [5.41, 5.74) is 5.50. The molecule has 2 aromatic heterocycles. The molecule has 0 amide bonds. The molecule has 0 aromatic carbocycles. The Labute approximate surface area is 130 Å². The average molecular weight is 320 g/mol. The topological polar surface area (TPSA) is 144 Å². The standard InChI is InChI=1S/C14H16N4O5/c1-2-6(19)11-9(21)10(22)14(23-11)18-4-3-7(20)8-12(15)16-5-17-13(8)18/h2-6,9-11,14,19,21-22H,1H2,(H2,15,16,17)/t6-,9+,10-,11-,14+/m1/s1. The summed E-state index contributed by atoms with van der Waals surface area (Å²) in [6.07, 6.45) is -2.18. The third-order valence-electron chi connectivity index (χ3n) is 3.86. The first-order chi connectivity index (χ1) is 11.0. The Morgan fingerprint density at radius 3 is 2.83 bits per heavy atom. The SMILES string of the molecule is C=C[C@@H](O)[C@H]1O[C@H](n2ccc(=O)c3c(N)ncnc32)[C@H](O)[C@@H]1O. The zero-order chi connectivity index (χ0) is 16.7. The van der Waals surface area contributed by atoms with Crippen LogP contribution in [-0.4, -0.2) is 54.3 Å². The number of aliphatic hydroxyl groups is 3. The van der Waals surface area contributed by atoms with E-state index in [-0.39, 0.29) is 22.3 Å². The maximum Gasteiger partial charge on any atom is 0.194 e. The van der Waals surface area contributed by atoms with Gasteiger partial charge in [-0.3, -0.25) is 4.79 Å². The fourth-order valence-corrected chi connectivity index (χ4v) is 2.66. The number of pyridine rings is 1. The Bertz CT molecular complexity index is 807. The summed E-state index contributed by atoms with van der Waals surface area (Å²) < 4.78 is 6.92. The second-order valence-electron chi connectivity index (χ2n) is 5.24. The van der Waals surface area contributed by atoms with Crippen molar-refractivity contribution in [2.24, 2.45) is 0 Å². The molecule has 1 aliphatic heterocycles. The number of fused-ring (bicyclic) bond motifs is 1. The molecule has 1 saturated heterocycles. The lowest BCUT2D eigenvalue weighted by Gasteiger charge is -2.20. The maximum absolute atomic E-state index is 12.0. The Balaban J connectivity index is 2.11. The van der Waals surface area contributed by atoms with Crippen molar-refractivity contribution in [3.05, 3.63) is 41.5 Å². The van der Waals surface area contributed by atoms with E-state index in [1.165, 1.54) is 29.2 Å². The minimum Gasteiger partial charge on any atom is -0.387 e. The number of hydrogen-bond donors (Lipinski definition) is 4. The highest BCUT2D eigenvalue weighted by Crippen LogP contribution is 2.32. The van der Waals surface area contributed by atoms with Crippen LogP contribution >= 0.6 is 0 Å². The molecule has 0 bridgehead atoms. The third kappa shape index (κ3) is 2.39. The Hall–Kier alpha value is -2.33. The fourth-order valence-electron chi connectivity index (χ4n) is 2.66. The second-order valence-corrected chi connectivity index (χ2v) is 5.24. The van der Waals surface area contributed by atoms with Crippen LogP contribution in [-0.2, 0) is 4.74 Å². The highest BCUT2D eigenvalue weighted by Gasteiger charge is 2.46. The number of aliphatic hydroxyl groups excluding tert-OH is 3. The van der Waals surface area contributed by atoms with Gasteiger partial charge in [0.2, 0.25) is 0 Å². The summed E-state index contributed by atoms with van der Waals surface area (Å²) in [7, 11) is 0. The molecule has 9 heteroatoms. The molecule has 9 nitrogen and oxygen atoms in total. The van der Waals surface area contributed by atoms with E-state index in [0.29, 0.717) is 0 Å². The number of hydrogen-bond acceptors (Lipinski definition) is 8. The van der Waals surface area contributed by atoms with Crippen molar-refractivity contribution in [2.45, 2.75) is 30.6 Å². The van der Waals surface area contributed by atoms with E-state index < -0.39 is 30.6 Å². The van der Waals surface area contributed by atoms with Crippen molar-refractivity contribution in [1.29, 1.82) is 0 Å². The molecule has 122 valence electrons. The Morgan fingerprint density at radius 2 is 2.13 bits per heavy atom. The van der Waals surface area contributed by atoms with E-state index in [4.69, 9.17) is 10.5 Å². The van der Waals surface area contributed by atoms with Gasteiger partial charge in [0.05, 0.1) is 0 Å². The average Bonchev–Trinajstić information content (AvgIpc) is 2.83. The minimum absolute atomic E-state index is 0.00469. The summed E-state index contributed by atoms with van der Waals surface area (Å²) in [6.45, 7) is 3.43. The summed E-state index contributed by atoms with van der Waals surface area (Å²) in [4.78, 5) is 19.7. The van der Waals surface area contributed by atoms with Crippen molar-refractivity contribution in [3.8, 4) is 0 Å². The quantitative estimate of drug-likeness (QED) is 0.502. The van der Waals surface area contributed by atoms with Gasteiger partial charge < -0.3 is 30.4 Å². The first kappa shape index (κ1) is 15.6. The number of nitrogens with zero attached hydrogens (tertiary/aromatic N) is 3. The molecule has 3 heterocycles. The number of nitrogens with two attached hydrogens (primary N) is 1. The van der Waals surface area contributed by atoms with Crippen LogP contribution in [0.5, 0.6) is 0 Å². The molecule has 1 fully saturated rings. The fraction of sp³-hybridized carbons (Fsp3) is 0.357. The summed E-state index contributed by atoms with van der Waals surface area (Å²) in [5, 5.41) is 30.2. The molecule has 0 aliphatic carbocycles. The van der Waals surface area contributed by atoms with Crippen LogP contribution in [0.4, 0.5) is 5.82 Å². The van der Waals surface area contributed by atoms with Crippen molar-refractivity contribution in [1.82, 2.24) is 14.5 Å². The van der Waals surface area contributed by atoms with E-state index in [9.17, 15) is 20.1 Å². The highest BCUT2D eigenvalue weighted by molar-refractivity contribution is 5.84. The molecule has 0 spiro atoms. The predicted molar refractivity (Wildman–Crippen MR) is 80.3 cm³/mol. The largest absolute Gasteiger partial charge is 0.387 e. The lowest BCUT2D eigenvalue weighted by Crippen LogP contribution is -2.37. The molecule has 0 unspecified atom stereocenters. The van der Waals surface area contributed by atoms with Crippen LogP contribution in [0.2, 0.25) is 0 Å². The van der Waals surface area contributed by atoms with E-state index in [0.717, 1.165) is 0 Å². The van der Waals surface area contributed by atoms with Crippen molar-refractivity contribution in [3.63, 3.8) is 0 Å². The predicted octanol–water partition coefficient (Wildman–Crippen LogP) is -1.46. The zero-order valence-electron chi connectivity index (χ0n) is 12.0. The van der Waals surface area contributed by atoms with Gasteiger partial charge in [-0.05, 0) is 0 Å². The van der Waals surface area contributed by atoms with Gasteiger partial charge in [0.25, 0.3) is 0 Å². The number of rotatable bonds is 3. The van der Waals surface area contributed by atoms with Crippen LogP contribution < -0.4 is 11.2 Å². The molecule has 3 rings (SSSR count). The molecule has 5 N–H and O–H groups in total. The Morgan fingerprint density at radius 1 is 1.39 bits per heavy atom. The number of ether oxygens (including phenoxy) is 1. The van der Waals surface area contributed by atoms with Gasteiger partial charge in [-0.15, -0.1) is 6.58 Å². The first-order valence-corrected chi connectivity index (χ1v) is 6.89. The van der Waals surface area contributed by atoms with Gasteiger partial charge >= 0.3 is 0 Å². The smallest absolute Gasteiger partial charge is 0.194 e. The number of nitrogen functional groups attached to an aromatic ring is 1. The minimum atomic E-state index is -1.34. The highest BCUT2D eigenvalue weighted by atomic mass is 16.6. The van der Waals surface area contributed by atoms with Gasteiger partial charge in [-0.25, -0.2) is 9.97 Å². The van der Waals surface area contributed by atoms with Gasteiger partial charge in [0, 0.05) is 12.3 Å². The van der Waals surface area contributed by atoms with Gasteiger partial charge in [-0.1, -0.05) is 6.08 Å². The monoisotopic (exact) mass is 320 g/mol. The molecule has 0 saturated carbocycles. The first-order valence-electron chi connectivity index (χ1n) is 6.89. The molecule has 0 radical (unpaired) electrons. The van der Waals surface area contributed by atoms with Crippen molar-refractivity contribution < 1.29 is 20.1 Å². The molecule has 23 heavy (non-hydrogen) atoms. The Kier molecular flexibility index (Phi) is 3.86. The molecular weight excluding hydrogens is 304 g/mol. The molecule has 2 aromatic rings. The molecule has 5 atom stereocenters. The van der Waals surface area contributed by atoms with Gasteiger partial charge in [0.15, 0.2) is 17.3 Å². The summed E-state index contributed by atoms with van der Waals surface area (Å²) in [5.74, 6) is 0.00469. The van der Waals surface area contributed by atoms with Crippen LogP contribution in [0, 0.1) is 0 Å². The summed E-state index contributed by atoms with van der Waals surface area (Å²) in [6, 6.07) is 1.24. The van der Waals surface area contributed by atoms with E-state index >= 15 is 0 Å². The normalized spacial score (nSPS) is 28.8.